The van der Waals surface area contributed by atoms with E-state index in [0.29, 0.717) is 0 Å². The van der Waals surface area contributed by atoms with Gasteiger partial charge in [-0.2, -0.15) is 0 Å². The molecule has 0 amide bonds. The number of nitrogens with zero attached hydrogens (tertiary/aromatic N) is 1. The molecule has 0 aromatic carbocycles. The second-order valence-corrected chi connectivity index (χ2v) is 5.00. The third kappa shape index (κ3) is 1.53. The van der Waals surface area contributed by atoms with Gasteiger partial charge in [0.25, 0.3) is 0 Å². The number of aromatic nitrogens is 1. The van der Waals surface area contributed by atoms with Gasteiger partial charge in [0.05, 0.1) is 5.54 Å². The number of hydroxylamine groups is 2. The van der Waals surface area contributed by atoms with Gasteiger partial charge in [0.1, 0.15) is 11.4 Å². The maximum Gasteiger partial charge on any atom is 0.144 e. The quantitative estimate of drug-likeness (QED) is 0.688. The van der Waals surface area contributed by atoms with Gasteiger partial charge < -0.3 is 10.3 Å². The molecule has 4 nitrogen and oxygen atoms in total. The van der Waals surface area contributed by atoms with E-state index in [1.54, 1.807) is 12.4 Å². The Kier molecular flexibility index (Phi) is 2.19. The van der Waals surface area contributed by atoms with E-state index >= 15 is 0 Å². The molecule has 88 valence electrons. The van der Waals surface area contributed by atoms with E-state index in [1.807, 2.05) is 18.2 Å². The van der Waals surface area contributed by atoms with Crippen LogP contribution >= 0.6 is 0 Å². The highest BCUT2D eigenvalue weighted by atomic mass is 16.5. The summed E-state index contributed by atoms with van der Waals surface area (Å²) in [6.45, 7) is 4.88. The molecule has 4 heteroatoms. The van der Waals surface area contributed by atoms with Crippen molar-refractivity contribution >= 4 is 5.70 Å². The van der Waals surface area contributed by atoms with Crippen LogP contribution in [0.25, 0.3) is 5.70 Å². The number of quaternary nitrogens is 1. The zero-order chi connectivity index (χ0) is 12.0. The molecule has 0 saturated carbocycles. The molecule has 1 unspecified atom stereocenters. The summed E-state index contributed by atoms with van der Waals surface area (Å²) < 4.78 is 0. The molecule has 0 bridgehead atoms. The first-order valence-corrected chi connectivity index (χ1v) is 5.75. The molecular weight excluding hydrogens is 214 g/mol. The van der Waals surface area contributed by atoms with Crippen molar-refractivity contribution in [3.05, 3.63) is 52.6 Å². The van der Waals surface area contributed by atoms with Crippen molar-refractivity contribution < 1.29 is 5.06 Å². The van der Waals surface area contributed by atoms with Gasteiger partial charge in [0.15, 0.2) is 0 Å². The molecule has 2 aliphatic heterocycles. The largest absolute Gasteiger partial charge is 0.624 e. The molecule has 0 radical (unpaired) electrons. The van der Waals surface area contributed by atoms with Crippen LogP contribution in [0.3, 0.4) is 0 Å². The standard InChI is InChI=1S/C13H15N3O/c1-13(2)12-10(8-15-13)7-11(16(12)17)9-3-5-14-6-4-9/h3-7,15-16H,8H2,1-2H3. The molecule has 1 aromatic heterocycles. The van der Waals surface area contributed by atoms with Crippen molar-refractivity contribution in [2.24, 2.45) is 0 Å². The van der Waals surface area contributed by atoms with Crippen LogP contribution < -0.4 is 10.4 Å². The molecular formula is C13H15N3O. The van der Waals surface area contributed by atoms with Gasteiger partial charge in [-0.25, -0.2) is 0 Å². The Bertz CT molecular complexity index is 517. The minimum absolute atomic E-state index is 0.154. The molecule has 1 atom stereocenters. The molecule has 0 spiro atoms. The number of hydrogen-bond acceptors (Lipinski definition) is 3. The van der Waals surface area contributed by atoms with E-state index in [-0.39, 0.29) is 10.6 Å². The molecule has 2 N–H and O–H groups in total. The zero-order valence-corrected chi connectivity index (χ0v) is 9.95. The maximum atomic E-state index is 12.4. The average Bonchev–Trinajstić information content (AvgIpc) is 2.80. The second kappa shape index (κ2) is 3.50. The van der Waals surface area contributed by atoms with Crippen molar-refractivity contribution in [2.45, 2.75) is 19.4 Å². The summed E-state index contributed by atoms with van der Waals surface area (Å²) in [6.07, 6.45) is 5.45. The predicted octanol–water partition coefficient (Wildman–Crippen LogP) is 0.455. The lowest BCUT2D eigenvalue weighted by Gasteiger charge is -2.30. The van der Waals surface area contributed by atoms with Crippen LogP contribution in [0, 0.1) is 5.21 Å². The Morgan fingerprint density at radius 2 is 2.06 bits per heavy atom. The summed E-state index contributed by atoms with van der Waals surface area (Å²) in [5.74, 6) is 0. The van der Waals surface area contributed by atoms with Crippen LogP contribution in [0.2, 0.25) is 0 Å². The van der Waals surface area contributed by atoms with Gasteiger partial charge in [-0.3, -0.25) is 10.3 Å². The maximum absolute atomic E-state index is 12.4. The SMILES string of the molecule is CC1(C)NCC2=C1[NH+]([O-])C(c1ccncc1)=C2. The fourth-order valence-electron chi connectivity index (χ4n) is 2.57. The molecule has 3 rings (SSSR count). The Hall–Kier alpha value is -1.49. The van der Waals surface area contributed by atoms with E-state index < -0.39 is 0 Å². The second-order valence-electron chi connectivity index (χ2n) is 5.00. The molecule has 2 aliphatic rings. The van der Waals surface area contributed by atoms with Gasteiger partial charge in [-0.05, 0) is 26.0 Å². The van der Waals surface area contributed by atoms with Gasteiger partial charge >= 0.3 is 0 Å². The fraction of sp³-hybridized carbons (Fsp3) is 0.308. The van der Waals surface area contributed by atoms with Crippen LogP contribution in [-0.2, 0) is 0 Å². The van der Waals surface area contributed by atoms with Gasteiger partial charge in [0, 0.05) is 36.2 Å². The Labute approximate surface area is 100 Å². The first-order valence-electron chi connectivity index (χ1n) is 5.75. The number of pyridine rings is 1. The number of nitrogens with one attached hydrogen (secondary N) is 2. The molecule has 3 heterocycles. The van der Waals surface area contributed by atoms with Gasteiger partial charge in [0.2, 0.25) is 0 Å². The number of hydrogen-bond donors (Lipinski definition) is 2. The van der Waals surface area contributed by atoms with Crippen LogP contribution in [0.5, 0.6) is 0 Å². The molecule has 17 heavy (non-hydrogen) atoms. The van der Waals surface area contributed by atoms with Crippen molar-refractivity contribution in [2.75, 3.05) is 6.54 Å². The average molecular weight is 229 g/mol. The lowest BCUT2D eigenvalue weighted by atomic mass is 10.0. The number of rotatable bonds is 1. The van der Waals surface area contributed by atoms with Gasteiger partial charge in [-0.15, -0.1) is 0 Å². The predicted molar refractivity (Wildman–Crippen MR) is 65.7 cm³/mol. The molecule has 0 fully saturated rings. The molecule has 0 aliphatic carbocycles. The summed E-state index contributed by atoms with van der Waals surface area (Å²) in [5, 5.41) is 15.9. The van der Waals surface area contributed by atoms with E-state index in [1.165, 1.54) is 0 Å². The van der Waals surface area contributed by atoms with E-state index in [2.05, 4.69) is 24.1 Å². The summed E-state index contributed by atoms with van der Waals surface area (Å²) in [5.41, 5.74) is 3.59. The van der Waals surface area contributed by atoms with Crippen LogP contribution in [0.4, 0.5) is 0 Å². The summed E-state index contributed by atoms with van der Waals surface area (Å²) in [4.78, 5) is 3.98. The zero-order valence-electron chi connectivity index (χ0n) is 9.95. The van der Waals surface area contributed by atoms with Crippen LogP contribution in [0.15, 0.2) is 41.9 Å². The summed E-state index contributed by atoms with van der Waals surface area (Å²) in [7, 11) is 0. The third-order valence-corrected chi connectivity index (χ3v) is 3.45. The monoisotopic (exact) mass is 229 g/mol. The lowest BCUT2D eigenvalue weighted by Crippen LogP contribution is -3.03. The highest BCUT2D eigenvalue weighted by molar-refractivity contribution is 5.66. The Morgan fingerprint density at radius 1 is 1.35 bits per heavy atom. The summed E-state index contributed by atoms with van der Waals surface area (Å²) in [6, 6.07) is 3.76. The Morgan fingerprint density at radius 3 is 2.71 bits per heavy atom. The van der Waals surface area contributed by atoms with E-state index in [9.17, 15) is 5.21 Å². The summed E-state index contributed by atoms with van der Waals surface area (Å²) >= 11 is 0. The molecule has 1 aromatic rings. The minimum atomic E-state index is -0.211. The van der Waals surface area contributed by atoms with Crippen molar-refractivity contribution in [3.63, 3.8) is 0 Å². The minimum Gasteiger partial charge on any atom is -0.624 e. The van der Waals surface area contributed by atoms with Crippen molar-refractivity contribution in [3.8, 4) is 0 Å². The highest BCUT2D eigenvalue weighted by Gasteiger charge is 2.41. The van der Waals surface area contributed by atoms with Crippen molar-refractivity contribution in [1.29, 1.82) is 0 Å². The lowest BCUT2D eigenvalue weighted by molar-refractivity contribution is -0.725. The fourth-order valence-corrected chi connectivity index (χ4v) is 2.57. The van der Waals surface area contributed by atoms with Crippen LogP contribution in [-0.4, -0.2) is 17.1 Å². The normalized spacial score (nSPS) is 26.1. The third-order valence-electron chi connectivity index (χ3n) is 3.45. The van der Waals surface area contributed by atoms with Gasteiger partial charge in [-0.1, -0.05) is 0 Å². The van der Waals surface area contributed by atoms with Crippen LogP contribution in [0.1, 0.15) is 19.4 Å². The Balaban J connectivity index is 2.00. The molecule has 0 saturated heterocycles. The van der Waals surface area contributed by atoms with E-state index in [4.69, 9.17) is 0 Å². The smallest absolute Gasteiger partial charge is 0.144 e. The van der Waals surface area contributed by atoms with E-state index in [0.717, 1.165) is 29.1 Å². The van der Waals surface area contributed by atoms with Crippen molar-refractivity contribution in [1.82, 2.24) is 10.3 Å². The highest BCUT2D eigenvalue weighted by Crippen LogP contribution is 2.28. The first kappa shape index (κ1) is 10.7. The first-order chi connectivity index (χ1) is 8.09. The topological polar surface area (TPSA) is 52.4 Å².